The van der Waals surface area contributed by atoms with Crippen molar-refractivity contribution < 1.29 is 27.2 Å². The van der Waals surface area contributed by atoms with Gasteiger partial charge in [0.1, 0.15) is 23.3 Å². The molecule has 1 aliphatic rings. The van der Waals surface area contributed by atoms with Crippen molar-refractivity contribution in [3.8, 4) is 0 Å². The zero-order valence-electron chi connectivity index (χ0n) is 16.8. The average Bonchev–Trinajstić information content (AvgIpc) is 3.09. The van der Waals surface area contributed by atoms with Gasteiger partial charge in [-0.25, -0.2) is 12.8 Å². The van der Waals surface area contributed by atoms with Crippen LogP contribution in [0.2, 0.25) is 0 Å². The Hall–Kier alpha value is -2.75. The van der Waals surface area contributed by atoms with Crippen LogP contribution >= 0.6 is 0 Å². The van der Waals surface area contributed by atoms with Gasteiger partial charge in [-0.1, -0.05) is 0 Å². The van der Waals surface area contributed by atoms with Crippen LogP contribution in [-0.2, 0) is 19.4 Å². The highest BCUT2D eigenvalue weighted by molar-refractivity contribution is 7.91. The molecule has 1 aromatic carbocycles. The third-order valence-corrected chi connectivity index (χ3v) is 5.95. The molecule has 3 rings (SSSR count). The fourth-order valence-corrected chi connectivity index (χ4v) is 4.40. The monoisotopic (exact) mass is 437 g/mol. The Morgan fingerprint density at radius 3 is 2.73 bits per heavy atom. The number of benzene rings is 1. The quantitative estimate of drug-likeness (QED) is 0.706. The second-order valence-corrected chi connectivity index (χ2v) is 9.91. The SMILES string of the molecule is C[C@@H](NC(=O)c1cc2ccc(F)cc2[nH]1)C(=O)N1CCC[C@@H](C(=O)CS(C)(=O)=O)C1. The predicted octanol–water partition coefficient (Wildman–Crippen LogP) is 1.28. The normalized spacial score (nSPS) is 18.2. The van der Waals surface area contributed by atoms with Crippen LogP contribution < -0.4 is 5.32 Å². The maximum absolute atomic E-state index is 13.3. The van der Waals surface area contributed by atoms with Gasteiger partial charge in [-0.2, -0.15) is 0 Å². The van der Waals surface area contributed by atoms with Gasteiger partial charge in [0.25, 0.3) is 5.91 Å². The van der Waals surface area contributed by atoms with E-state index in [0.29, 0.717) is 30.3 Å². The summed E-state index contributed by atoms with van der Waals surface area (Å²) < 4.78 is 36.1. The summed E-state index contributed by atoms with van der Waals surface area (Å²) in [5, 5.41) is 3.29. The molecule has 0 bridgehead atoms. The largest absolute Gasteiger partial charge is 0.350 e. The van der Waals surface area contributed by atoms with Gasteiger partial charge in [0.15, 0.2) is 15.6 Å². The maximum Gasteiger partial charge on any atom is 0.268 e. The number of aromatic nitrogens is 1. The summed E-state index contributed by atoms with van der Waals surface area (Å²) in [5.41, 5.74) is 0.678. The Kier molecular flexibility index (Phi) is 6.25. The summed E-state index contributed by atoms with van der Waals surface area (Å²) in [7, 11) is -3.42. The van der Waals surface area contributed by atoms with Gasteiger partial charge in [-0.15, -0.1) is 0 Å². The zero-order valence-corrected chi connectivity index (χ0v) is 17.6. The number of carbonyl (C=O) groups excluding carboxylic acids is 3. The molecule has 1 aliphatic heterocycles. The number of Topliss-reactive ketones (excluding diaryl/α,β-unsaturated/α-hetero) is 1. The molecule has 2 aromatic rings. The van der Waals surface area contributed by atoms with E-state index in [1.54, 1.807) is 19.1 Å². The molecule has 1 fully saturated rings. The van der Waals surface area contributed by atoms with Crippen LogP contribution in [0.25, 0.3) is 10.9 Å². The minimum Gasteiger partial charge on any atom is -0.350 e. The van der Waals surface area contributed by atoms with E-state index in [-0.39, 0.29) is 18.1 Å². The van der Waals surface area contributed by atoms with Gasteiger partial charge in [-0.05, 0) is 44.0 Å². The highest BCUT2D eigenvalue weighted by Crippen LogP contribution is 2.20. The lowest BCUT2D eigenvalue weighted by molar-refractivity contribution is -0.136. The van der Waals surface area contributed by atoms with Crippen molar-refractivity contribution >= 4 is 38.3 Å². The number of amides is 2. The second-order valence-electron chi connectivity index (χ2n) is 7.77. The van der Waals surface area contributed by atoms with Crippen LogP contribution in [0, 0.1) is 11.7 Å². The minimum absolute atomic E-state index is 0.138. The van der Waals surface area contributed by atoms with Crippen molar-refractivity contribution in [3.05, 3.63) is 35.8 Å². The van der Waals surface area contributed by atoms with Crippen LogP contribution in [0.4, 0.5) is 4.39 Å². The molecule has 2 heterocycles. The Morgan fingerprint density at radius 2 is 2.03 bits per heavy atom. The summed E-state index contributed by atoms with van der Waals surface area (Å²) >= 11 is 0. The van der Waals surface area contributed by atoms with Crippen molar-refractivity contribution in [2.75, 3.05) is 25.1 Å². The Bertz CT molecular complexity index is 1100. The molecular formula is C20H24FN3O5S. The molecule has 1 saturated heterocycles. The highest BCUT2D eigenvalue weighted by atomic mass is 32.2. The average molecular weight is 437 g/mol. The van der Waals surface area contributed by atoms with Crippen molar-refractivity contribution in [1.82, 2.24) is 15.2 Å². The van der Waals surface area contributed by atoms with E-state index in [2.05, 4.69) is 10.3 Å². The molecule has 30 heavy (non-hydrogen) atoms. The first-order valence-electron chi connectivity index (χ1n) is 9.62. The number of fused-ring (bicyclic) bond motifs is 1. The first-order valence-corrected chi connectivity index (χ1v) is 11.7. The molecule has 0 unspecified atom stereocenters. The van der Waals surface area contributed by atoms with E-state index in [1.165, 1.54) is 17.0 Å². The van der Waals surface area contributed by atoms with Gasteiger partial charge < -0.3 is 15.2 Å². The van der Waals surface area contributed by atoms with Crippen LogP contribution in [-0.4, -0.2) is 67.0 Å². The van der Waals surface area contributed by atoms with Crippen LogP contribution in [0.3, 0.4) is 0 Å². The predicted molar refractivity (Wildman–Crippen MR) is 109 cm³/mol. The summed E-state index contributed by atoms with van der Waals surface area (Å²) in [5.74, 6) is -2.73. The first-order chi connectivity index (χ1) is 14.0. The summed E-state index contributed by atoms with van der Waals surface area (Å²) in [6.45, 7) is 2.12. The third-order valence-electron chi connectivity index (χ3n) is 5.14. The molecule has 2 amide bonds. The van der Waals surface area contributed by atoms with Gasteiger partial charge >= 0.3 is 0 Å². The molecular weight excluding hydrogens is 413 g/mol. The number of piperidine rings is 1. The first kappa shape index (κ1) is 21.9. The van der Waals surface area contributed by atoms with Crippen LogP contribution in [0.15, 0.2) is 24.3 Å². The summed E-state index contributed by atoms with van der Waals surface area (Å²) in [6, 6.07) is 4.85. The molecule has 0 saturated carbocycles. The minimum atomic E-state index is -3.42. The number of sulfone groups is 1. The number of ketones is 1. The number of likely N-dealkylation sites (tertiary alicyclic amines) is 1. The van der Waals surface area contributed by atoms with Gasteiger partial charge in [0, 0.05) is 36.2 Å². The molecule has 2 N–H and O–H groups in total. The summed E-state index contributed by atoms with van der Waals surface area (Å²) in [4.78, 5) is 41.8. The van der Waals surface area contributed by atoms with Gasteiger partial charge in [0.2, 0.25) is 5.91 Å². The molecule has 0 spiro atoms. The molecule has 8 nitrogen and oxygen atoms in total. The lowest BCUT2D eigenvalue weighted by atomic mass is 9.94. The topological polar surface area (TPSA) is 116 Å². The fourth-order valence-electron chi connectivity index (χ4n) is 3.65. The third kappa shape index (κ3) is 5.24. The Morgan fingerprint density at radius 1 is 1.30 bits per heavy atom. The van der Waals surface area contributed by atoms with E-state index in [1.807, 2.05) is 0 Å². The summed E-state index contributed by atoms with van der Waals surface area (Å²) in [6.07, 6.45) is 2.12. The molecule has 162 valence electrons. The number of nitrogens with one attached hydrogen (secondary N) is 2. The molecule has 10 heteroatoms. The number of halogens is 1. The lowest BCUT2D eigenvalue weighted by Gasteiger charge is -2.33. The Balaban J connectivity index is 1.62. The second kappa shape index (κ2) is 8.55. The van der Waals surface area contributed by atoms with E-state index >= 15 is 0 Å². The van der Waals surface area contributed by atoms with E-state index in [9.17, 15) is 27.2 Å². The zero-order chi connectivity index (χ0) is 22.1. The molecule has 2 atom stereocenters. The number of hydrogen-bond donors (Lipinski definition) is 2. The number of carbonyl (C=O) groups is 3. The number of aromatic amines is 1. The van der Waals surface area contributed by atoms with Crippen molar-refractivity contribution in [2.24, 2.45) is 5.92 Å². The van der Waals surface area contributed by atoms with E-state index in [0.717, 1.165) is 6.26 Å². The highest BCUT2D eigenvalue weighted by Gasteiger charge is 2.32. The fraction of sp³-hybridized carbons (Fsp3) is 0.450. The standard InChI is InChI=1S/C20H24FN3O5S/c1-12(22-19(26)17-8-13-5-6-15(21)9-16(13)23-17)20(27)24-7-3-4-14(10-24)18(25)11-30(2,28)29/h5-6,8-9,12,14,23H,3-4,7,10-11H2,1-2H3,(H,22,26)/t12-,14-/m1/s1. The van der Waals surface area contributed by atoms with Crippen molar-refractivity contribution in [2.45, 2.75) is 25.8 Å². The van der Waals surface area contributed by atoms with Crippen molar-refractivity contribution in [3.63, 3.8) is 0 Å². The number of nitrogens with zero attached hydrogens (tertiary/aromatic N) is 1. The van der Waals surface area contributed by atoms with Crippen LogP contribution in [0.5, 0.6) is 0 Å². The molecule has 0 aliphatic carbocycles. The molecule has 0 radical (unpaired) electrons. The molecule has 1 aromatic heterocycles. The number of hydrogen-bond acceptors (Lipinski definition) is 5. The van der Waals surface area contributed by atoms with E-state index < -0.39 is 45.1 Å². The maximum atomic E-state index is 13.3. The van der Waals surface area contributed by atoms with E-state index in [4.69, 9.17) is 0 Å². The number of H-pyrrole nitrogens is 1. The lowest BCUT2D eigenvalue weighted by Crippen LogP contribution is -2.51. The Labute approximate surface area is 173 Å². The number of rotatable bonds is 6. The smallest absolute Gasteiger partial charge is 0.268 e. The van der Waals surface area contributed by atoms with Crippen LogP contribution in [0.1, 0.15) is 30.3 Å². The van der Waals surface area contributed by atoms with Crippen molar-refractivity contribution in [1.29, 1.82) is 0 Å². The van der Waals surface area contributed by atoms with Gasteiger partial charge in [-0.3, -0.25) is 14.4 Å². The van der Waals surface area contributed by atoms with Gasteiger partial charge in [0.05, 0.1) is 0 Å².